The van der Waals surface area contributed by atoms with Crippen molar-refractivity contribution < 1.29 is 31.5 Å². The normalized spacial score (nSPS) is 19.4. The lowest BCUT2D eigenvalue weighted by Crippen LogP contribution is -2.10. The number of allylic oxidation sites excluding steroid dienone is 1. The summed E-state index contributed by atoms with van der Waals surface area (Å²) < 4.78 is 73.6. The highest BCUT2D eigenvalue weighted by molar-refractivity contribution is 6.55. The first-order valence-corrected chi connectivity index (χ1v) is 9.52. The van der Waals surface area contributed by atoms with Crippen molar-refractivity contribution >= 4 is 29.2 Å². The predicted molar refractivity (Wildman–Crippen MR) is 102 cm³/mol. The van der Waals surface area contributed by atoms with E-state index in [2.05, 4.69) is 0 Å². The molecule has 1 fully saturated rings. The molecule has 2 nitrogen and oxygen atoms in total. The molecular weight excluding hydrogens is 450 g/mol. The van der Waals surface area contributed by atoms with Crippen molar-refractivity contribution in [3.63, 3.8) is 0 Å². The van der Waals surface area contributed by atoms with Crippen LogP contribution < -0.4 is 0 Å². The van der Waals surface area contributed by atoms with Crippen molar-refractivity contribution in [3.8, 4) is 11.1 Å². The van der Waals surface area contributed by atoms with Gasteiger partial charge in [-0.1, -0.05) is 55.2 Å². The average molecular weight is 465 g/mol. The summed E-state index contributed by atoms with van der Waals surface area (Å²) in [5, 5.41) is 0. The van der Waals surface area contributed by atoms with Gasteiger partial charge in [-0.2, -0.15) is 0 Å². The zero-order valence-electron chi connectivity index (χ0n) is 15.7. The number of rotatable bonds is 5. The fourth-order valence-electron chi connectivity index (χ4n) is 3.49. The van der Waals surface area contributed by atoms with Crippen molar-refractivity contribution in [1.82, 2.24) is 0 Å². The van der Waals surface area contributed by atoms with Crippen LogP contribution in [0.1, 0.15) is 19.4 Å². The van der Waals surface area contributed by atoms with Gasteiger partial charge >= 0.3 is 5.97 Å². The Kier molecular flexibility index (Phi) is 6.16. The first-order chi connectivity index (χ1) is 14.0. The topological polar surface area (TPSA) is 26.3 Å². The van der Waals surface area contributed by atoms with E-state index in [-0.39, 0.29) is 22.6 Å². The van der Waals surface area contributed by atoms with Crippen molar-refractivity contribution in [2.75, 3.05) is 0 Å². The molecule has 0 aromatic heterocycles. The summed E-state index contributed by atoms with van der Waals surface area (Å²) in [6.07, 6.45) is 1.55. The molecule has 0 unspecified atom stereocenters. The average Bonchev–Trinajstić information content (AvgIpc) is 3.22. The maximum Gasteiger partial charge on any atom is 0.310 e. The molecule has 9 heteroatoms. The van der Waals surface area contributed by atoms with E-state index in [1.165, 1.54) is 24.3 Å². The minimum Gasteiger partial charge on any atom is -0.461 e. The molecule has 2 atom stereocenters. The highest BCUT2D eigenvalue weighted by Crippen LogP contribution is 2.60. The number of ether oxygens (including phenoxy) is 1. The van der Waals surface area contributed by atoms with Gasteiger partial charge in [0.05, 0.1) is 11.5 Å². The molecule has 1 aliphatic carbocycles. The number of hydrogen-bond donors (Lipinski definition) is 0. The van der Waals surface area contributed by atoms with Crippen molar-refractivity contribution in [3.05, 3.63) is 69.5 Å². The number of carbonyl (C=O) groups excluding carboxylic acids is 1. The SMILES string of the molecule is CC1(C)[C@H](C=C(Cl)Cl)[C@H]1C(=O)OCc1cccc(-c2c(F)c(F)c(F)c(F)c2F)c1. The summed E-state index contributed by atoms with van der Waals surface area (Å²) in [5.41, 5.74) is -1.38. The molecule has 0 heterocycles. The summed E-state index contributed by atoms with van der Waals surface area (Å²) in [7, 11) is 0. The highest BCUT2D eigenvalue weighted by atomic mass is 35.5. The van der Waals surface area contributed by atoms with Gasteiger partial charge in [-0.05, 0) is 34.6 Å². The monoisotopic (exact) mass is 464 g/mol. The van der Waals surface area contributed by atoms with Crippen LogP contribution in [0.2, 0.25) is 0 Å². The predicted octanol–water partition coefficient (Wildman–Crippen LogP) is 6.68. The lowest BCUT2D eigenvalue weighted by molar-refractivity contribution is -0.147. The first-order valence-electron chi connectivity index (χ1n) is 8.77. The Morgan fingerprint density at radius 1 is 1.03 bits per heavy atom. The molecule has 0 N–H and O–H groups in total. The standard InChI is InChI=1S/C21H15Cl2F5O2/c1-21(2)11(7-12(22)23)14(21)20(29)30-8-9-4-3-5-10(6-9)13-15(24)17(26)19(28)18(27)16(13)25/h3-7,11,14H,8H2,1-2H3/t11-,14+/m1/s1. The third kappa shape index (κ3) is 4.05. The Balaban J connectivity index is 1.80. The molecule has 3 rings (SSSR count). The Morgan fingerprint density at radius 3 is 2.17 bits per heavy atom. The van der Waals surface area contributed by atoms with Crippen molar-refractivity contribution in [2.24, 2.45) is 17.3 Å². The second-order valence-electron chi connectivity index (χ2n) is 7.53. The zero-order chi connectivity index (χ0) is 22.4. The third-order valence-electron chi connectivity index (χ3n) is 5.28. The number of carbonyl (C=O) groups is 1. The van der Waals surface area contributed by atoms with E-state index in [9.17, 15) is 26.7 Å². The first kappa shape index (κ1) is 22.6. The van der Waals surface area contributed by atoms with E-state index in [1.807, 2.05) is 13.8 Å². The van der Waals surface area contributed by atoms with Gasteiger partial charge in [-0.3, -0.25) is 4.79 Å². The lowest BCUT2D eigenvalue weighted by atomic mass is 10.0. The Hall–Kier alpha value is -2.12. The minimum atomic E-state index is -2.23. The number of halogens is 7. The Bertz CT molecular complexity index is 1020. The largest absolute Gasteiger partial charge is 0.461 e. The van der Waals surface area contributed by atoms with Crippen LogP contribution >= 0.6 is 23.2 Å². The van der Waals surface area contributed by atoms with Crippen LogP contribution in [0.15, 0.2) is 34.8 Å². The van der Waals surface area contributed by atoms with Gasteiger partial charge in [0.2, 0.25) is 5.82 Å². The van der Waals surface area contributed by atoms with Gasteiger partial charge in [0, 0.05) is 0 Å². The summed E-state index contributed by atoms with van der Waals surface area (Å²) in [6.45, 7) is 3.45. The zero-order valence-corrected chi connectivity index (χ0v) is 17.2. The molecule has 0 amide bonds. The number of benzene rings is 2. The van der Waals surface area contributed by atoms with Crippen LogP contribution in [0.4, 0.5) is 22.0 Å². The van der Waals surface area contributed by atoms with E-state index in [4.69, 9.17) is 27.9 Å². The summed E-state index contributed by atoms with van der Waals surface area (Å²) in [4.78, 5) is 12.4. The fraction of sp³-hybridized carbons (Fsp3) is 0.286. The molecule has 1 aliphatic rings. The van der Waals surface area contributed by atoms with Crippen molar-refractivity contribution in [2.45, 2.75) is 20.5 Å². The molecular formula is C21H15Cl2F5O2. The van der Waals surface area contributed by atoms with Gasteiger partial charge in [0.15, 0.2) is 23.3 Å². The van der Waals surface area contributed by atoms with Gasteiger partial charge in [0.25, 0.3) is 0 Å². The molecule has 0 radical (unpaired) electrons. The van der Waals surface area contributed by atoms with Crippen LogP contribution in [0.25, 0.3) is 11.1 Å². The lowest BCUT2D eigenvalue weighted by Gasteiger charge is -2.11. The minimum absolute atomic E-state index is 0.0406. The second-order valence-corrected chi connectivity index (χ2v) is 8.54. The van der Waals surface area contributed by atoms with Gasteiger partial charge < -0.3 is 4.74 Å². The molecule has 2 aromatic rings. The molecule has 30 heavy (non-hydrogen) atoms. The summed E-state index contributed by atoms with van der Waals surface area (Å²) in [5.74, 6) is -11.4. The highest BCUT2D eigenvalue weighted by Gasteiger charge is 2.61. The maximum absolute atomic E-state index is 14.0. The van der Waals surface area contributed by atoms with Gasteiger partial charge in [-0.15, -0.1) is 0 Å². The molecule has 0 spiro atoms. The van der Waals surface area contributed by atoms with Crippen LogP contribution in [-0.2, 0) is 16.1 Å². The number of hydrogen-bond acceptors (Lipinski definition) is 2. The molecule has 0 bridgehead atoms. The van der Waals surface area contributed by atoms with E-state index < -0.39 is 52.0 Å². The molecule has 2 aromatic carbocycles. The molecule has 1 saturated carbocycles. The quantitative estimate of drug-likeness (QED) is 0.213. The van der Waals surface area contributed by atoms with E-state index in [0.717, 1.165) is 0 Å². The van der Waals surface area contributed by atoms with Crippen molar-refractivity contribution in [1.29, 1.82) is 0 Å². The maximum atomic E-state index is 14.0. The van der Waals surface area contributed by atoms with Crippen LogP contribution in [-0.4, -0.2) is 5.97 Å². The van der Waals surface area contributed by atoms with Crippen LogP contribution in [0, 0.1) is 46.3 Å². The Morgan fingerprint density at radius 2 is 1.60 bits per heavy atom. The molecule has 0 aliphatic heterocycles. The molecule has 0 saturated heterocycles. The van der Waals surface area contributed by atoms with Gasteiger partial charge in [-0.25, -0.2) is 22.0 Å². The van der Waals surface area contributed by atoms with Gasteiger partial charge in [0.1, 0.15) is 11.1 Å². The fourth-order valence-corrected chi connectivity index (χ4v) is 3.77. The van der Waals surface area contributed by atoms with Crippen LogP contribution in [0.5, 0.6) is 0 Å². The Labute approximate surface area is 179 Å². The molecule has 160 valence electrons. The summed E-state index contributed by atoms with van der Waals surface area (Å²) >= 11 is 11.3. The van der Waals surface area contributed by atoms with E-state index in [1.54, 1.807) is 6.08 Å². The second kappa shape index (κ2) is 8.19. The number of esters is 1. The summed E-state index contributed by atoms with van der Waals surface area (Å²) in [6, 6.07) is 5.23. The van der Waals surface area contributed by atoms with E-state index >= 15 is 0 Å². The third-order valence-corrected chi connectivity index (χ3v) is 5.53. The van der Waals surface area contributed by atoms with E-state index in [0.29, 0.717) is 5.56 Å². The smallest absolute Gasteiger partial charge is 0.310 e. The van der Waals surface area contributed by atoms with Crippen LogP contribution in [0.3, 0.4) is 0 Å².